The highest BCUT2D eigenvalue weighted by molar-refractivity contribution is 6.16. The molecule has 33 heavy (non-hydrogen) atoms. The van der Waals surface area contributed by atoms with Crippen LogP contribution in [0.15, 0.2) is 0 Å². The lowest BCUT2D eigenvalue weighted by molar-refractivity contribution is -0.0179. The first kappa shape index (κ1) is 19.6. The molecular formula is C30H36O3. The van der Waals surface area contributed by atoms with Crippen molar-refractivity contribution in [2.45, 2.75) is 102 Å². The molecule has 9 aliphatic rings. The molecule has 1 aromatic rings. The second kappa shape index (κ2) is 6.13. The summed E-state index contributed by atoms with van der Waals surface area (Å²) in [5, 5.41) is 0. The van der Waals surface area contributed by atoms with Gasteiger partial charge in [-0.25, -0.2) is 9.59 Å². The van der Waals surface area contributed by atoms with E-state index in [1.54, 1.807) is 11.1 Å². The second-order valence-corrected chi connectivity index (χ2v) is 13.8. The van der Waals surface area contributed by atoms with Crippen LogP contribution in [0.4, 0.5) is 0 Å². The summed E-state index contributed by atoms with van der Waals surface area (Å²) >= 11 is 0. The molecular weight excluding hydrogens is 408 g/mol. The number of fused-ring (bicyclic) bond motifs is 1. The number of esters is 2. The molecule has 1 aliphatic heterocycles. The zero-order valence-corrected chi connectivity index (χ0v) is 20.2. The van der Waals surface area contributed by atoms with Crippen LogP contribution in [0.1, 0.15) is 120 Å². The molecule has 0 unspecified atom stereocenters. The zero-order valence-electron chi connectivity index (χ0n) is 20.2. The Balaban J connectivity index is 1.42. The monoisotopic (exact) mass is 444 g/mol. The maximum atomic E-state index is 12.9. The Morgan fingerprint density at radius 1 is 0.545 bits per heavy atom. The average Bonchev–Trinajstić information content (AvgIpc) is 3.02. The van der Waals surface area contributed by atoms with Crippen molar-refractivity contribution >= 4 is 11.9 Å². The third kappa shape index (κ3) is 2.42. The van der Waals surface area contributed by atoms with Crippen molar-refractivity contribution in [1.29, 1.82) is 0 Å². The number of hydrogen-bond donors (Lipinski definition) is 0. The maximum absolute atomic E-state index is 12.9. The molecule has 8 fully saturated rings. The third-order valence-electron chi connectivity index (χ3n) is 11.7. The van der Waals surface area contributed by atoms with Gasteiger partial charge in [0.1, 0.15) is 0 Å². The number of ether oxygens (including phenoxy) is 1. The van der Waals surface area contributed by atoms with E-state index < -0.39 is 11.9 Å². The molecule has 0 N–H and O–H groups in total. The highest BCUT2D eigenvalue weighted by Gasteiger charge is 2.58. The van der Waals surface area contributed by atoms with Gasteiger partial charge in [0.2, 0.25) is 0 Å². The van der Waals surface area contributed by atoms with Crippen molar-refractivity contribution in [2.75, 3.05) is 0 Å². The average molecular weight is 445 g/mol. The van der Waals surface area contributed by atoms with Gasteiger partial charge in [-0.15, -0.1) is 0 Å². The van der Waals surface area contributed by atoms with E-state index in [2.05, 4.69) is 13.8 Å². The summed E-state index contributed by atoms with van der Waals surface area (Å²) in [6.45, 7) is 4.35. The van der Waals surface area contributed by atoms with Crippen LogP contribution in [0.5, 0.6) is 0 Å². The van der Waals surface area contributed by atoms with Crippen molar-refractivity contribution in [2.24, 2.45) is 35.5 Å². The minimum Gasteiger partial charge on any atom is -0.386 e. The standard InChI is InChI=1S/C30H36O3/c1-15-23-24(28(32)33-27(23)31)16(2)26(30-12-20-6-21(13-30)8-22(7-20)14-30)25(15)29-9-17-3-18(10-29)5-19(4-17)11-29/h17-22H,3-14H2,1-2H3. The Morgan fingerprint density at radius 2 is 0.818 bits per heavy atom. The van der Waals surface area contributed by atoms with Gasteiger partial charge in [-0.2, -0.15) is 0 Å². The van der Waals surface area contributed by atoms with E-state index >= 15 is 0 Å². The summed E-state index contributed by atoms with van der Waals surface area (Å²) in [5.41, 5.74) is 7.04. The lowest BCUT2D eigenvalue weighted by Gasteiger charge is -2.61. The van der Waals surface area contributed by atoms with Crippen molar-refractivity contribution in [3.63, 3.8) is 0 Å². The first-order valence-corrected chi connectivity index (χ1v) is 13.8. The van der Waals surface area contributed by atoms with Crippen molar-refractivity contribution < 1.29 is 14.3 Å². The highest BCUT2D eigenvalue weighted by Crippen LogP contribution is 2.67. The molecule has 8 saturated carbocycles. The largest absolute Gasteiger partial charge is 0.386 e. The molecule has 0 saturated heterocycles. The van der Waals surface area contributed by atoms with Crippen LogP contribution in [-0.2, 0) is 15.6 Å². The summed E-state index contributed by atoms with van der Waals surface area (Å²) in [5.74, 6) is 4.40. The highest BCUT2D eigenvalue weighted by atomic mass is 16.6. The molecule has 0 radical (unpaired) electrons. The number of benzene rings is 1. The third-order valence-corrected chi connectivity index (χ3v) is 11.7. The molecule has 0 amide bonds. The predicted octanol–water partition coefficient (Wildman–Crippen LogP) is 6.55. The molecule has 1 aromatic carbocycles. The van der Waals surface area contributed by atoms with Gasteiger partial charge in [0.15, 0.2) is 0 Å². The Labute approximate surface area is 197 Å². The summed E-state index contributed by atoms with van der Waals surface area (Å²) in [6.07, 6.45) is 16.4. The van der Waals surface area contributed by atoms with Crippen LogP contribution >= 0.6 is 0 Å². The van der Waals surface area contributed by atoms with Gasteiger partial charge in [-0.3, -0.25) is 0 Å². The SMILES string of the molecule is Cc1c2c(c(C)c(C34CC5CC(CC(C5)C3)C4)c1C13CC4CC(CC(C4)C1)C3)C(=O)OC2=O. The number of hydrogen-bond acceptors (Lipinski definition) is 3. The van der Waals surface area contributed by atoms with Crippen LogP contribution in [0.25, 0.3) is 0 Å². The summed E-state index contributed by atoms with van der Waals surface area (Å²) in [6, 6.07) is 0. The van der Waals surface area contributed by atoms with Crippen molar-refractivity contribution in [3.8, 4) is 0 Å². The molecule has 0 aromatic heterocycles. The second-order valence-electron chi connectivity index (χ2n) is 13.8. The first-order valence-electron chi connectivity index (χ1n) is 13.8. The van der Waals surface area contributed by atoms with E-state index in [1.807, 2.05) is 0 Å². The van der Waals surface area contributed by atoms with Gasteiger partial charge >= 0.3 is 11.9 Å². The van der Waals surface area contributed by atoms with Crippen LogP contribution < -0.4 is 0 Å². The number of cyclic esters (lactones) is 2. The maximum Gasteiger partial charge on any atom is 0.347 e. The molecule has 174 valence electrons. The molecule has 3 heteroatoms. The van der Waals surface area contributed by atoms with Gasteiger partial charge in [0.05, 0.1) is 11.1 Å². The fourth-order valence-electron chi connectivity index (χ4n) is 11.9. The van der Waals surface area contributed by atoms with E-state index in [0.717, 1.165) is 46.6 Å². The van der Waals surface area contributed by atoms with E-state index in [4.69, 9.17) is 4.74 Å². The normalized spacial score (nSPS) is 46.2. The summed E-state index contributed by atoms with van der Waals surface area (Å²) < 4.78 is 5.26. The van der Waals surface area contributed by atoms with Crippen LogP contribution in [-0.4, -0.2) is 11.9 Å². The number of carbonyl (C=O) groups is 2. The summed E-state index contributed by atoms with van der Waals surface area (Å²) in [4.78, 5) is 25.9. The lowest BCUT2D eigenvalue weighted by Crippen LogP contribution is -2.53. The Bertz CT molecular complexity index is 967. The molecule has 0 atom stereocenters. The van der Waals surface area contributed by atoms with Gasteiger partial charge in [0.25, 0.3) is 0 Å². The van der Waals surface area contributed by atoms with E-state index in [1.165, 1.54) is 77.0 Å². The number of carbonyl (C=O) groups excluding carboxylic acids is 2. The quantitative estimate of drug-likeness (QED) is 0.384. The predicted molar refractivity (Wildman–Crippen MR) is 125 cm³/mol. The van der Waals surface area contributed by atoms with E-state index in [0.29, 0.717) is 11.1 Å². The van der Waals surface area contributed by atoms with Crippen molar-refractivity contribution in [3.05, 3.63) is 33.4 Å². The van der Waals surface area contributed by atoms with Gasteiger partial charge < -0.3 is 4.74 Å². The van der Waals surface area contributed by atoms with Crippen molar-refractivity contribution in [1.82, 2.24) is 0 Å². The smallest absolute Gasteiger partial charge is 0.347 e. The molecule has 3 nitrogen and oxygen atoms in total. The molecule has 10 rings (SSSR count). The molecule has 0 spiro atoms. The van der Waals surface area contributed by atoms with Gasteiger partial charge in [-0.05, 0) is 159 Å². The lowest BCUT2D eigenvalue weighted by atomic mass is 9.43. The topological polar surface area (TPSA) is 43.4 Å². The van der Waals surface area contributed by atoms with Crippen LogP contribution in [0.3, 0.4) is 0 Å². The molecule has 1 heterocycles. The van der Waals surface area contributed by atoms with E-state index in [9.17, 15) is 9.59 Å². The minimum absolute atomic E-state index is 0.225. The molecule has 8 bridgehead atoms. The zero-order chi connectivity index (χ0) is 22.3. The van der Waals surface area contributed by atoms with Crippen LogP contribution in [0, 0.1) is 49.4 Å². The minimum atomic E-state index is -0.390. The van der Waals surface area contributed by atoms with E-state index in [-0.39, 0.29) is 10.8 Å². The summed E-state index contributed by atoms with van der Waals surface area (Å²) in [7, 11) is 0. The Morgan fingerprint density at radius 3 is 1.09 bits per heavy atom. The van der Waals surface area contributed by atoms with Gasteiger partial charge in [-0.1, -0.05) is 0 Å². The number of rotatable bonds is 2. The van der Waals surface area contributed by atoms with Gasteiger partial charge in [0, 0.05) is 0 Å². The first-order chi connectivity index (χ1) is 15.8. The Hall–Kier alpha value is -1.64. The fourth-order valence-corrected chi connectivity index (χ4v) is 11.9. The molecule has 8 aliphatic carbocycles. The van der Waals surface area contributed by atoms with Crippen LogP contribution in [0.2, 0.25) is 0 Å². The fraction of sp³-hybridized carbons (Fsp3) is 0.733. The Kier molecular flexibility index (Phi) is 3.65.